The van der Waals surface area contributed by atoms with Gasteiger partial charge >= 0.3 is 0 Å². The van der Waals surface area contributed by atoms with Gasteiger partial charge in [-0.2, -0.15) is 0 Å². The maximum absolute atomic E-state index is 5.80. The van der Waals surface area contributed by atoms with Crippen molar-refractivity contribution in [1.29, 1.82) is 0 Å². The summed E-state index contributed by atoms with van der Waals surface area (Å²) in [5, 5.41) is 0. The monoisotopic (exact) mass is 261 g/mol. The number of nitrogens with zero attached hydrogens (tertiary/aromatic N) is 2. The van der Waals surface area contributed by atoms with Crippen LogP contribution in [0.5, 0.6) is 0 Å². The molecule has 0 aliphatic carbocycles. The van der Waals surface area contributed by atoms with Gasteiger partial charge in [0.05, 0.1) is 0 Å². The highest BCUT2D eigenvalue weighted by molar-refractivity contribution is 5.57. The lowest BCUT2D eigenvalue weighted by Gasteiger charge is -2.46. The second-order valence-corrected chi connectivity index (χ2v) is 5.89. The van der Waals surface area contributed by atoms with E-state index >= 15 is 0 Å². The highest BCUT2D eigenvalue weighted by Gasteiger charge is 2.29. The van der Waals surface area contributed by atoms with Gasteiger partial charge in [-0.1, -0.05) is 12.1 Å². The van der Waals surface area contributed by atoms with Crippen LogP contribution < -0.4 is 10.6 Å². The molecule has 2 rings (SSSR count). The summed E-state index contributed by atoms with van der Waals surface area (Å²) in [4.78, 5) is 5.02. The van der Waals surface area contributed by atoms with E-state index in [0.29, 0.717) is 12.1 Å². The Balaban J connectivity index is 2.31. The highest BCUT2D eigenvalue weighted by atomic mass is 15.3. The van der Waals surface area contributed by atoms with Gasteiger partial charge in [0.25, 0.3) is 0 Å². The molecular weight excluding hydrogens is 234 g/mol. The molecule has 2 unspecified atom stereocenters. The maximum Gasteiger partial charge on any atom is 0.0429 e. The molecule has 19 heavy (non-hydrogen) atoms. The van der Waals surface area contributed by atoms with Crippen LogP contribution in [-0.4, -0.2) is 43.7 Å². The van der Waals surface area contributed by atoms with Crippen LogP contribution in [0.1, 0.15) is 24.5 Å². The first-order valence-electron chi connectivity index (χ1n) is 7.27. The topological polar surface area (TPSA) is 32.5 Å². The molecule has 1 saturated heterocycles. The number of rotatable bonds is 3. The molecule has 1 aliphatic heterocycles. The average molecular weight is 261 g/mol. The van der Waals surface area contributed by atoms with E-state index in [1.54, 1.807) is 0 Å². The lowest BCUT2D eigenvalue weighted by molar-refractivity contribution is 0.196. The normalized spacial score (nSPS) is 24.8. The van der Waals surface area contributed by atoms with E-state index in [4.69, 9.17) is 5.73 Å². The van der Waals surface area contributed by atoms with Crippen LogP contribution in [0.4, 0.5) is 5.69 Å². The molecule has 2 N–H and O–H groups in total. The van der Waals surface area contributed by atoms with E-state index in [2.05, 4.69) is 55.8 Å². The number of hydrogen-bond acceptors (Lipinski definition) is 3. The Hall–Kier alpha value is -1.06. The molecular formula is C16H27N3. The predicted octanol–water partition coefficient (Wildman–Crippen LogP) is 2.16. The highest BCUT2D eigenvalue weighted by Crippen LogP contribution is 2.28. The summed E-state index contributed by atoms with van der Waals surface area (Å²) in [7, 11) is 2.22. The van der Waals surface area contributed by atoms with Crippen molar-refractivity contribution in [2.75, 3.05) is 31.6 Å². The fourth-order valence-electron chi connectivity index (χ4n) is 2.97. The van der Waals surface area contributed by atoms with Crippen molar-refractivity contribution in [2.45, 2.75) is 39.3 Å². The number of anilines is 1. The molecule has 0 spiro atoms. The fraction of sp³-hybridized carbons (Fsp3) is 0.625. The van der Waals surface area contributed by atoms with Crippen molar-refractivity contribution in [3.05, 3.63) is 29.3 Å². The minimum Gasteiger partial charge on any atom is -0.365 e. The van der Waals surface area contributed by atoms with E-state index in [-0.39, 0.29) is 0 Å². The second-order valence-electron chi connectivity index (χ2n) is 5.89. The van der Waals surface area contributed by atoms with Gasteiger partial charge < -0.3 is 10.6 Å². The lowest BCUT2D eigenvalue weighted by atomic mass is 10.0. The van der Waals surface area contributed by atoms with Crippen LogP contribution in [0.2, 0.25) is 0 Å². The molecule has 3 heteroatoms. The molecule has 3 nitrogen and oxygen atoms in total. The second kappa shape index (κ2) is 5.93. The molecule has 2 atom stereocenters. The van der Waals surface area contributed by atoms with Gasteiger partial charge in [-0.3, -0.25) is 4.90 Å². The Morgan fingerprint density at radius 3 is 2.68 bits per heavy atom. The van der Waals surface area contributed by atoms with E-state index in [1.807, 2.05) is 0 Å². The summed E-state index contributed by atoms with van der Waals surface area (Å²) in [6.07, 6.45) is 1.06. The van der Waals surface area contributed by atoms with Gasteiger partial charge in [-0.15, -0.1) is 0 Å². The number of piperazine rings is 1. The van der Waals surface area contributed by atoms with Crippen molar-refractivity contribution in [3.8, 4) is 0 Å². The largest absolute Gasteiger partial charge is 0.365 e. The van der Waals surface area contributed by atoms with Crippen LogP contribution in [0.3, 0.4) is 0 Å². The molecule has 0 bridgehead atoms. The summed E-state index contributed by atoms with van der Waals surface area (Å²) in [6.45, 7) is 9.67. The fourth-order valence-corrected chi connectivity index (χ4v) is 2.97. The molecule has 1 heterocycles. The standard InChI is InChI=1S/C16H27N3/c1-12-6-5-7-16(14(12)3)19-10-13(2)18(4)11-15(19)8-9-17/h5-7,13,15H,8-11,17H2,1-4H3. The van der Waals surface area contributed by atoms with Gasteiger partial charge in [0.15, 0.2) is 0 Å². The number of likely N-dealkylation sites (N-methyl/N-ethyl adjacent to an activating group) is 1. The maximum atomic E-state index is 5.80. The summed E-state index contributed by atoms with van der Waals surface area (Å²) >= 11 is 0. The van der Waals surface area contributed by atoms with Crippen LogP contribution >= 0.6 is 0 Å². The van der Waals surface area contributed by atoms with Crippen molar-refractivity contribution in [3.63, 3.8) is 0 Å². The smallest absolute Gasteiger partial charge is 0.0429 e. The zero-order valence-corrected chi connectivity index (χ0v) is 12.7. The van der Waals surface area contributed by atoms with Crippen molar-refractivity contribution >= 4 is 5.69 Å². The van der Waals surface area contributed by atoms with E-state index in [0.717, 1.165) is 26.1 Å². The Bertz CT molecular complexity index is 430. The molecule has 0 saturated carbocycles. The molecule has 106 valence electrons. The quantitative estimate of drug-likeness (QED) is 0.905. The van der Waals surface area contributed by atoms with Crippen LogP contribution in [0, 0.1) is 13.8 Å². The SMILES string of the molecule is Cc1cccc(N2CC(C)N(C)CC2CCN)c1C. The van der Waals surface area contributed by atoms with Crippen LogP contribution in [0.15, 0.2) is 18.2 Å². The average Bonchev–Trinajstić information content (AvgIpc) is 2.37. The molecule has 0 radical (unpaired) electrons. The molecule has 0 amide bonds. The minimum atomic E-state index is 0.534. The summed E-state index contributed by atoms with van der Waals surface area (Å²) in [5.74, 6) is 0. The Morgan fingerprint density at radius 1 is 1.26 bits per heavy atom. The van der Waals surface area contributed by atoms with E-state index < -0.39 is 0 Å². The Labute approximate surface area is 117 Å². The third-order valence-electron chi connectivity index (χ3n) is 4.54. The Morgan fingerprint density at radius 2 is 2.00 bits per heavy atom. The summed E-state index contributed by atoms with van der Waals surface area (Å²) < 4.78 is 0. The van der Waals surface area contributed by atoms with Gasteiger partial charge in [-0.05, 0) is 58.0 Å². The third kappa shape index (κ3) is 2.93. The molecule has 1 aromatic carbocycles. The zero-order valence-electron chi connectivity index (χ0n) is 12.7. The van der Waals surface area contributed by atoms with Crippen LogP contribution in [-0.2, 0) is 0 Å². The molecule has 0 aromatic heterocycles. The molecule has 1 aliphatic rings. The van der Waals surface area contributed by atoms with Gasteiger partial charge in [0.1, 0.15) is 0 Å². The lowest BCUT2D eigenvalue weighted by Crippen LogP contribution is -2.56. The molecule has 1 aromatic rings. The van der Waals surface area contributed by atoms with Gasteiger partial charge in [-0.25, -0.2) is 0 Å². The first kappa shape index (κ1) is 14.4. The Kier molecular flexibility index (Phi) is 4.48. The van der Waals surface area contributed by atoms with Gasteiger partial charge in [0, 0.05) is 30.9 Å². The number of benzene rings is 1. The zero-order chi connectivity index (χ0) is 14.0. The van der Waals surface area contributed by atoms with Gasteiger partial charge in [0.2, 0.25) is 0 Å². The first-order chi connectivity index (χ1) is 9.04. The van der Waals surface area contributed by atoms with Crippen molar-refractivity contribution < 1.29 is 0 Å². The van der Waals surface area contributed by atoms with Crippen molar-refractivity contribution in [2.24, 2.45) is 5.73 Å². The summed E-state index contributed by atoms with van der Waals surface area (Å²) in [6, 6.07) is 7.74. The predicted molar refractivity (Wildman–Crippen MR) is 82.8 cm³/mol. The van der Waals surface area contributed by atoms with Crippen LogP contribution in [0.25, 0.3) is 0 Å². The number of nitrogens with two attached hydrogens (primary N) is 1. The summed E-state index contributed by atoms with van der Waals surface area (Å²) in [5.41, 5.74) is 9.96. The number of aryl methyl sites for hydroxylation is 1. The molecule has 1 fully saturated rings. The van der Waals surface area contributed by atoms with E-state index in [1.165, 1.54) is 16.8 Å². The first-order valence-corrected chi connectivity index (χ1v) is 7.27. The minimum absolute atomic E-state index is 0.534. The van der Waals surface area contributed by atoms with Crippen molar-refractivity contribution in [1.82, 2.24) is 4.90 Å². The van der Waals surface area contributed by atoms with E-state index in [9.17, 15) is 0 Å². The third-order valence-corrected chi connectivity index (χ3v) is 4.54. The number of hydrogen-bond donors (Lipinski definition) is 1.